The zero-order valence-corrected chi connectivity index (χ0v) is 11.1. The van der Waals surface area contributed by atoms with Gasteiger partial charge in [0.2, 0.25) is 10.0 Å². The molecule has 2 heterocycles. The Bertz CT molecular complexity index is 732. The Hall–Kier alpha value is -1.86. The Balaban J connectivity index is 2.03. The van der Waals surface area contributed by atoms with Crippen LogP contribution in [-0.4, -0.2) is 17.7 Å². The first-order chi connectivity index (χ1) is 9.50. The van der Waals surface area contributed by atoms with Crippen molar-refractivity contribution in [2.75, 3.05) is 0 Å². The van der Waals surface area contributed by atoms with Crippen molar-refractivity contribution in [3.8, 4) is 0 Å². The fourth-order valence-corrected chi connectivity index (χ4v) is 3.69. The maximum absolute atomic E-state index is 13.7. The summed E-state index contributed by atoms with van der Waals surface area (Å²) in [6, 6.07) is 6.42. The molecule has 0 atom stereocenters. The molecule has 0 spiro atoms. The fraction of sp³-hybridized carbons (Fsp3) is 0.154. The molecular weight excluding hydrogens is 286 g/mol. The zero-order chi connectivity index (χ0) is 14.3. The van der Waals surface area contributed by atoms with Crippen molar-refractivity contribution < 1.29 is 17.2 Å². The third-order valence-corrected chi connectivity index (χ3v) is 5.02. The number of fused-ring (bicyclic) bond motifs is 1. The van der Waals surface area contributed by atoms with Gasteiger partial charge in [0.05, 0.1) is 12.2 Å². The number of halogens is 2. The quantitative estimate of drug-likeness (QED) is 0.852. The highest BCUT2D eigenvalue weighted by Gasteiger charge is 2.35. The van der Waals surface area contributed by atoms with Gasteiger partial charge in [-0.1, -0.05) is 12.1 Å². The first-order valence-electron chi connectivity index (χ1n) is 5.87. The summed E-state index contributed by atoms with van der Waals surface area (Å²) in [6.45, 7) is 0.0889. The highest BCUT2D eigenvalue weighted by Crippen LogP contribution is 2.29. The van der Waals surface area contributed by atoms with Crippen LogP contribution in [-0.2, 0) is 23.1 Å². The molecule has 0 saturated heterocycles. The van der Waals surface area contributed by atoms with Crippen molar-refractivity contribution in [1.82, 2.24) is 9.29 Å². The Morgan fingerprint density at radius 2 is 1.75 bits per heavy atom. The molecule has 0 unspecified atom stereocenters. The highest BCUT2D eigenvalue weighted by atomic mass is 32.2. The molecular formula is C13H10F2N2O2S. The second kappa shape index (κ2) is 4.60. The molecule has 0 N–H and O–H groups in total. The lowest BCUT2D eigenvalue weighted by molar-refractivity contribution is 0.417. The van der Waals surface area contributed by atoms with Gasteiger partial charge in [-0.2, -0.15) is 4.31 Å². The van der Waals surface area contributed by atoms with Gasteiger partial charge in [-0.3, -0.25) is 4.98 Å². The van der Waals surface area contributed by atoms with E-state index in [1.54, 1.807) is 18.3 Å². The first kappa shape index (κ1) is 13.1. The van der Waals surface area contributed by atoms with E-state index in [-0.39, 0.29) is 13.1 Å². The molecule has 20 heavy (non-hydrogen) atoms. The van der Waals surface area contributed by atoms with Gasteiger partial charge in [0.15, 0.2) is 4.90 Å². The first-order valence-corrected chi connectivity index (χ1v) is 7.31. The van der Waals surface area contributed by atoms with Crippen LogP contribution in [0.15, 0.2) is 41.4 Å². The second-order valence-corrected chi connectivity index (χ2v) is 6.31. The highest BCUT2D eigenvalue weighted by molar-refractivity contribution is 7.89. The molecule has 3 rings (SSSR count). The van der Waals surface area contributed by atoms with Crippen molar-refractivity contribution in [2.45, 2.75) is 18.0 Å². The number of aromatic nitrogens is 1. The van der Waals surface area contributed by atoms with E-state index in [4.69, 9.17) is 0 Å². The number of hydrogen-bond donors (Lipinski definition) is 0. The molecule has 7 heteroatoms. The third-order valence-electron chi connectivity index (χ3n) is 3.17. The summed E-state index contributed by atoms with van der Waals surface area (Å²) in [5.41, 5.74) is 1.35. The van der Waals surface area contributed by atoms with Crippen LogP contribution in [0.1, 0.15) is 11.3 Å². The van der Waals surface area contributed by atoms with E-state index in [2.05, 4.69) is 4.98 Å². The van der Waals surface area contributed by atoms with Crippen molar-refractivity contribution in [3.05, 3.63) is 59.4 Å². The number of benzene rings is 1. The predicted octanol–water partition coefficient (Wildman–Crippen LogP) is 2.06. The lowest BCUT2D eigenvalue weighted by Crippen LogP contribution is -2.27. The lowest BCUT2D eigenvalue weighted by Gasteiger charge is -2.16. The molecule has 0 fully saturated rings. The Morgan fingerprint density at radius 3 is 2.40 bits per heavy atom. The van der Waals surface area contributed by atoms with Crippen molar-refractivity contribution in [1.29, 1.82) is 0 Å². The van der Waals surface area contributed by atoms with Crippen LogP contribution in [0.2, 0.25) is 0 Å². The van der Waals surface area contributed by atoms with E-state index in [0.717, 1.165) is 28.1 Å². The summed E-state index contributed by atoms with van der Waals surface area (Å²) in [5, 5.41) is 0. The van der Waals surface area contributed by atoms with Gasteiger partial charge in [0, 0.05) is 12.7 Å². The van der Waals surface area contributed by atoms with Crippen LogP contribution in [0.25, 0.3) is 0 Å². The molecule has 0 radical (unpaired) electrons. The SMILES string of the molecule is O=S(=O)(c1c(F)cccc1F)N1Cc2cccnc2C1. The molecule has 0 saturated carbocycles. The average Bonchev–Trinajstić information content (AvgIpc) is 2.82. The van der Waals surface area contributed by atoms with Crippen molar-refractivity contribution >= 4 is 10.0 Å². The van der Waals surface area contributed by atoms with Crippen LogP contribution in [0, 0.1) is 11.6 Å². The molecule has 2 aromatic rings. The van der Waals surface area contributed by atoms with Gasteiger partial charge in [0.25, 0.3) is 0 Å². The summed E-state index contributed by atoms with van der Waals surface area (Å²) in [5.74, 6) is -2.18. The average molecular weight is 296 g/mol. The van der Waals surface area contributed by atoms with Gasteiger partial charge in [-0.15, -0.1) is 0 Å². The van der Waals surface area contributed by atoms with Gasteiger partial charge < -0.3 is 0 Å². The predicted molar refractivity (Wildman–Crippen MR) is 67.0 cm³/mol. The van der Waals surface area contributed by atoms with Crippen LogP contribution in [0.3, 0.4) is 0 Å². The topological polar surface area (TPSA) is 50.3 Å². The Kier molecular flexibility index (Phi) is 3.02. The van der Waals surface area contributed by atoms with E-state index >= 15 is 0 Å². The Labute approximate surface area is 114 Å². The van der Waals surface area contributed by atoms with E-state index in [0.29, 0.717) is 5.69 Å². The monoisotopic (exact) mass is 296 g/mol. The van der Waals surface area contributed by atoms with Crippen molar-refractivity contribution in [2.24, 2.45) is 0 Å². The van der Waals surface area contributed by atoms with E-state index in [9.17, 15) is 17.2 Å². The molecule has 0 amide bonds. The van der Waals surface area contributed by atoms with Crippen LogP contribution in [0.4, 0.5) is 8.78 Å². The summed E-state index contributed by atoms with van der Waals surface area (Å²) < 4.78 is 53.1. The molecule has 1 aliphatic rings. The van der Waals surface area contributed by atoms with Crippen molar-refractivity contribution in [3.63, 3.8) is 0 Å². The standard InChI is InChI=1S/C13H10F2N2O2S/c14-10-4-1-5-11(15)13(10)20(18,19)17-7-9-3-2-6-16-12(9)8-17/h1-6H,7-8H2. The van der Waals surface area contributed by atoms with Crippen LogP contribution >= 0.6 is 0 Å². The Morgan fingerprint density at radius 1 is 1.05 bits per heavy atom. The largest absolute Gasteiger partial charge is 0.260 e. The maximum Gasteiger partial charge on any atom is 0.249 e. The molecule has 0 aliphatic carbocycles. The summed E-state index contributed by atoms with van der Waals surface area (Å²) in [4.78, 5) is 3.16. The minimum Gasteiger partial charge on any atom is -0.260 e. The summed E-state index contributed by atoms with van der Waals surface area (Å²) in [7, 11) is -4.22. The summed E-state index contributed by atoms with van der Waals surface area (Å²) in [6.07, 6.45) is 1.55. The molecule has 1 aromatic heterocycles. The third kappa shape index (κ3) is 1.99. The molecule has 1 aliphatic heterocycles. The smallest absolute Gasteiger partial charge is 0.249 e. The second-order valence-electron chi connectivity index (χ2n) is 4.43. The van der Waals surface area contributed by atoms with E-state index < -0.39 is 26.6 Å². The number of hydrogen-bond acceptors (Lipinski definition) is 3. The number of sulfonamides is 1. The normalized spacial score (nSPS) is 15.3. The minimum absolute atomic E-state index is 0.0201. The van der Waals surface area contributed by atoms with Gasteiger partial charge in [-0.05, 0) is 23.8 Å². The maximum atomic E-state index is 13.7. The lowest BCUT2D eigenvalue weighted by atomic mass is 10.2. The zero-order valence-electron chi connectivity index (χ0n) is 10.3. The molecule has 4 nitrogen and oxygen atoms in total. The van der Waals surface area contributed by atoms with E-state index in [1.165, 1.54) is 0 Å². The number of nitrogens with zero attached hydrogens (tertiary/aromatic N) is 2. The fourth-order valence-electron chi connectivity index (χ4n) is 2.20. The molecule has 0 bridgehead atoms. The molecule has 1 aromatic carbocycles. The van der Waals surface area contributed by atoms with Crippen LogP contribution < -0.4 is 0 Å². The van der Waals surface area contributed by atoms with Gasteiger partial charge in [0.1, 0.15) is 11.6 Å². The summed E-state index contributed by atoms with van der Waals surface area (Å²) >= 11 is 0. The van der Waals surface area contributed by atoms with Crippen LogP contribution in [0.5, 0.6) is 0 Å². The van der Waals surface area contributed by atoms with Gasteiger partial charge >= 0.3 is 0 Å². The van der Waals surface area contributed by atoms with Gasteiger partial charge in [-0.25, -0.2) is 17.2 Å². The van der Waals surface area contributed by atoms with E-state index in [1.807, 2.05) is 0 Å². The number of pyridine rings is 1. The minimum atomic E-state index is -4.22. The molecule has 104 valence electrons. The number of rotatable bonds is 2.